The number of carbonyl (C=O) groups excluding carboxylic acids is 1. The second-order valence-corrected chi connectivity index (χ2v) is 6.24. The number of benzene rings is 2. The molecular formula is C18H16FN3O2S. The zero-order valence-corrected chi connectivity index (χ0v) is 14.1. The Morgan fingerprint density at radius 2 is 1.80 bits per heavy atom. The molecule has 0 aliphatic rings. The molecule has 3 aromatic rings. The molecular weight excluding hydrogens is 341 g/mol. The van der Waals surface area contributed by atoms with E-state index in [1.807, 2.05) is 30.3 Å². The largest absolute Gasteiger partial charge is 0.416 e. The van der Waals surface area contributed by atoms with Gasteiger partial charge >= 0.3 is 0 Å². The quantitative estimate of drug-likeness (QED) is 0.658. The molecule has 2 aromatic carbocycles. The van der Waals surface area contributed by atoms with Crippen LogP contribution in [-0.2, 0) is 17.8 Å². The van der Waals surface area contributed by atoms with Gasteiger partial charge in [-0.2, -0.15) is 0 Å². The maximum absolute atomic E-state index is 12.8. The van der Waals surface area contributed by atoms with E-state index in [2.05, 4.69) is 15.5 Å². The highest BCUT2D eigenvalue weighted by Crippen LogP contribution is 2.17. The van der Waals surface area contributed by atoms with Gasteiger partial charge in [-0.1, -0.05) is 54.2 Å². The van der Waals surface area contributed by atoms with E-state index in [0.29, 0.717) is 24.1 Å². The van der Waals surface area contributed by atoms with Crippen LogP contribution in [0, 0.1) is 5.82 Å². The minimum absolute atomic E-state index is 0.155. The normalized spacial score (nSPS) is 10.6. The highest BCUT2D eigenvalue weighted by molar-refractivity contribution is 7.99. The number of amides is 1. The van der Waals surface area contributed by atoms with Crippen molar-refractivity contribution in [2.45, 2.75) is 18.2 Å². The Labute approximate surface area is 148 Å². The molecule has 5 nitrogen and oxygen atoms in total. The van der Waals surface area contributed by atoms with Crippen molar-refractivity contribution in [2.75, 3.05) is 5.75 Å². The second-order valence-electron chi connectivity index (χ2n) is 5.32. The van der Waals surface area contributed by atoms with Crippen LogP contribution in [0.25, 0.3) is 0 Å². The predicted octanol–water partition coefficient (Wildman–Crippen LogP) is 3.21. The number of rotatable bonds is 7. The monoisotopic (exact) mass is 357 g/mol. The Kier molecular flexibility index (Phi) is 5.79. The first-order valence-corrected chi connectivity index (χ1v) is 8.68. The van der Waals surface area contributed by atoms with Gasteiger partial charge in [0.05, 0.1) is 12.2 Å². The first kappa shape index (κ1) is 17.2. The molecule has 0 bridgehead atoms. The molecule has 0 unspecified atom stereocenters. The molecule has 1 aromatic heterocycles. The Morgan fingerprint density at radius 3 is 2.56 bits per heavy atom. The predicted molar refractivity (Wildman–Crippen MR) is 92.5 cm³/mol. The molecule has 1 amide bonds. The van der Waals surface area contributed by atoms with Gasteiger partial charge in [0, 0.05) is 6.54 Å². The molecule has 0 fully saturated rings. The molecule has 7 heteroatoms. The fraction of sp³-hybridized carbons (Fsp3) is 0.167. The first-order valence-electron chi connectivity index (χ1n) is 7.69. The summed E-state index contributed by atoms with van der Waals surface area (Å²) in [7, 11) is 0. The van der Waals surface area contributed by atoms with Crippen LogP contribution < -0.4 is 5.32 Å². The van der Waals surface area contributed by atoms with Gasteiger partial charge in [-0.25, -0.2) is 4.39 Å². The number of thioether (sulfide) groups is 1. The van der Waals surface area contributed by atoms with Gasteiger partial charge in [0.25, 0.3) is 5.22 Å². The third-order valence-electron chi connectivity index (χ3n) is 3.38. The highest BCUT2D eigenvalue weighted by Gasteiger charge is 2.10. The maximum Gasteiger partial charge on any atom is 0.277 e. The summed E-state index contributed by atoms with van der Waals surface area (Å²) in [6, 6.07) is 15.8. The summed E-state index contributed by atoms with van der Waals surface area (Å²) in [6.45, 7) is 0.350. The number of halogens is 1. The molecule has 128 valence electrons. The van der Waals surface area contributed by atoms with Gasteiger partial charge in [0.15, 0.2) is 0 Å². The van der Waals surface area contributed by atoms with Crippen LogP contribution in [-0.4, -0.2) is 21.9 Å². The Balaban J connectivity index is 1.43. The van der Waals surface area contributed by atoms with Gasteiger partial charge in [0.2, 0.25) is 11.8 Å². The molecule has 1 N–H and O–H groups in total. The molecule has 0 aliphatic carbocycles. The van der Waals surface area contributed by atoms with Crippen molar-refractivity contribution in [1.82, 2.24) is 15.5 Å². The van der Waals surface area contributed by atoms with E-state index < -0.39 is 0 Å². The van der Waals surface area contributed by atoms with Gasteiger partial charge in [-0.05, 0) is 23.3 Å². The minimum atomic E-state index is -0.298. The Morgan fingerprint density at radius 1 is 1.04 bits per heavy atom. The van der Waals surface area contributed by atoms with E-state index in [1.165, 1.54) is 23.9 Å². The summed E-state index contributed by atoms with van der Waals surface area (Å²) < 4.78 is 18.4. The van der Waals surface area contributed by atoms with Crippen LogP contribution in [0.5, 0.6) is 0 Å². The highest BCUT2D eigenvalue weighted by atomic mass is 32.2. The molecule has 0 atom stereocenters. The van der Waals surface area contributed by atoms with Gasteiger partial charge in [0.1, 0.15) is 5.82 Å². The van der Waals surface area contributed by atoms with E-state index in [4.69, 9.17) is 4.42 Å². The average molecular weight is 357 g/mol. The van der Waals surface area contributed by atoms with Crippen LogP contribution in [0.3, 0.4) is 0 Å². The summed E-state index contributed by atoms with van der Waals surface area (Å²) >= 11 is 1.19. The van der Waals surface area contributed by atoms with Crippen LogP contribution >= 0.6 is 11.8 Å². The van der Waals surface area contributed by atoms with Crippen LogP contribution in [0.1, 0.15) is 17.0 Å². The zero-order valence-electron chi connectivity index (χ0n) is 13.3. The van der Waals surface area contributed by atoms with Crippen molar-refractivity contribution in [3.05, 3.63) is 77.4 Å². The summed E-state index contributed by atoms with van der Waals surface area (Å²) in [6.07, 6.45) is 0.561. The van der Waals surface area contributed by atoms with E-state index in [-0.39, 0.29) is 17.5 Å². The molecule has 1 heterocycles. The third-order valence-corrected chi connectivity index (χ3v) is 4.19. The fourth-order valence-electron chi connectivity index (χ4n) is 2.12. The average Bonchev–Trinajstić information content (AvgIpc) is 3.08. The van der Waals surface area contributed by atoms with Crippen molar-refractivity contribution >= 4 is 17.7 Å². The molecule has 0 saturated heterocycles. The molecule has 0 radical (unpaired) electrons. The standard InChI is InChI=1S/C18H16FN3O2S/c19-15-8-6-14(7-9-15)11-20-16(23)12-25-18-22-21-17(24-18)10-13-4-2-1-3-5-13/h1-9H,10-12H2,(H,20,23). The lowest BCUT2D eigenvalue weighted by atomic mass is 10.2. The summed E-state index contributed by atoms with van der Waals surface area (Å²) in [4.78, 5) is 11.9. The first-order chi connectivity index (χ1) is 12.2. The Bertz CT molecular complexity index is 822. The summed E-state index contributed by atoms with van der Waals surface area (Å²) in [5.74, 6) is 0.236. The van der Waals surface area contributed by atoms with E-state index in [1.54, 1.807) is 12.1 Å². The van der Waals surface area contributed by atoms with E-state index in [9.17, 15) is 9.18 Å². The zero-order chi connectivity index (χ0) is 17.5. The summed E-state index contributed by atoms with van der Waals surface area (Å²) in [5, 5.41) is 11.1. The maximum atomic E-state index is 12.8. The minimum Gasteiger partial charge on any atom is -0.416 e. The number of hydrogen-bond acceptors (Lipinski definition) is 5. The smallest absolute Gasteiger partial charge is 0.277 e. The molecule has 0 aliphatic heterocycles. The molecule has 25 heavy (non-hydrogen) atoms. The molecule has 0 saturated carbocycles. The number of aromatic nitrogens is 2. The topological polar surface area (TPSA) is 68.0 Å². The lowest BCUT2D eigenvalue weighted by Gasteiger charge is -2.04. The van der Waals surface area contributed by atoms with E-state index in [0.717, 1.165) is 11.1 Å². The number of nitrogens with one attached hydrogen (secondary N) is 1. The number of nitrogens with zero attached hydrogens (tertiary/aromatic N) is 2. The number of hydrogen-bond donors (Lipinski definition) is 1. The van der Waals surface area contributed by atoms with Crippen molar-refractivity contribution in [1.29, 1.82) is 0 Å². The van der Waals surface area contributed by atoms with Crippen LogP contribution in [0.2, 0.25) is 0 Å². The fourth-order valence-corrected chi connectivity index (χ4v) is 2.73. The summed E-state index contributed by atoms with van der Waals surface area (Å²) in [5.41, 5.74) is 1.92. The van der Waals surface area contributed by atoms with Crippen molar-refractivity contribution in [2.24, 2.45) is 0 Å². The Hall–Kier alpha value is -2.67. The molecule has 3 rings (SSSR count). The van der Waals surface area contributed by atoms with Crippen molar-refractivity contribution in [3.63, 3.8) is 0 Å². The van der Waals surface area contributed by atoms with Gasteiger partial charge in [-0.3, -0.25) is 4.79 Å². The molecule has 0 spiro atoms. The number of carbonyl (C=O) groups is 1. The van der Waals surface area contributed by atoms with Gasteiger partial charge in [-0.15, -0.1) is 10.2 Å². The lowest BCUT2D eigenvalue weighted by molar-refractivity contribution is -0.118. The lowest BCUT2D eigenvalue weighted by Crippen LogP contribution is -2.24. The van der Waals surface area contributed by atoms with Crippen molar-refractivity contribution < 1.29 is 13.6 Å². The van der Waals surface area contributed by atoms with Crippen LogP contribution in [0.15, 0.2) is 64.2 Å². The van der Waals surface area contributed by atoms with Crippen molar-refractivity contribution in [3.8, 4) is 0 Å². The van der Waals surface area contributed by atoms with Crippen LogP contribution in [0.4, 0.5) is 4.39 Å². The van der Waals surface area contributed by atoms with E-state index >= 15 is 0 Å². The SMILES string of the molecule is O=C(CSc1nnc(Cc2ccccc2)o1)NCc1ccc(F)cc1. The van der Waals surface area contributed by atoms with Gasteiger partial charge < -0.3 is 9.73 Å². The second kappa shape index (κ2) is 8.43. The third kappa shape index (κ3) is 5.42.